The Labute approximate surface area is 150 Å². The molecule has 1 amide bonds. The van der Waals surface area contributed by atoms with Crippen molar-refractivity contribution in [3.05, 3.63) is 41.5 Å². The van der Waals surface area contributed by atoms with Crippen LogP contribution in [0.4, 0.5) is 0 Å². The van der Waals surface area contributed by atoms with Crippen molar-refractivity contribution in [1.82, 2.24) is 10.2 Å². The van der Waals surface area contributed by atoms with E-state index in [0.29, 0.717) is 12.1 Å². The minimum atomic E-state index is -0.363. The predicted molar refractivity (Wildman–Crippen MR) is 99.4 cm³/mol. The van der Waals surface area contributed by atoms with Gasteiger partial charge in [-0.15, -0.1) is 0 Å². The number of esters is 1. The van der Waals surface area contributed by atoms with E-state index in [-0.39, 0.29) is 11.9 Å². The van der Waals surface area contributed by atoms with Crippen molar-refractivity contribution in [2.75, 3.05) is 33.3 Å². The lowest BCUT2D eigenvalue weighted by molar-refractivity contribution is -0.116. The number of likely N-dealkylation sites (tertiary alicyclic amines) is 1. The topological polar surface area (TPSA) is 58.6 Å². The van der Waals surface area contributed by atoms with E-state index in [1.807, 2.05) is 0 Å². The van der Waals surface area contributed by atoms with Gasteiger partial charge in [0, 0.05) is 12.6 Å². The standard InChI is InChI=1S/C20H28N2O3/c1-25-20(24)18-10-7-17(8-11-18)9-12-19(23)21-13-6-16-22-14-4-2-3-5-15-22/h7-12H,2-6,13-16H2,1H3,(H,21,23). The zero-order chi connectivity index (χ0) is 17.9. The molecule has 0 saturated carbocycles. The van der Waals surface area contributed by atoms with Gasteiger partial charge in [-0.25, -0.2) is 4.79 Å². The average Bonchev–Trinajstić information content (AvgIpc) is 2.92. The summed E-state index contributed by atoms with van der Waals surface area (Å²) in [4.78, 5) is 25.7. The molecule has 2 rings (SSSR count). The van der Waals surface area contributed by atoms with Gasteiger partial charge in [-0.1, -0.05) is 25.0 Å². The third-order valence-corrected chi connectivity index (χ3v) is 4.41. The van der Waals surface area contributed by atoms with Crippen LogP contribution in [0, 0.1) is 0 Å². The van der Waals surface area contributed by atoms with E-state index < -0.39 is 0 Å². The molecule has 1 aliphatic rings. The van der Waals surface area contributed by atoms with Crippen molar-refractivity contribution < 1.29 is 14.3 Å². The second kappa shape index (κ2) is 10.7. The van der Waals surface area contributed by atoms with E-state index in [4.69, 9.17) is 0 Å². The molecule has 0 atom stereocenters. The summed E-state index contributed by atoms with van der Waals surface area (Å²) >= 11 is 0. The van der Waals surface area contributed by atoms with Crippen molar-refractivity contribution in [1.29, 1.82) is 0 Å². The molecule has 0 spiro atoms. The van der Waals surface area contributed by atoms with Gasteiger partial charge in [-0.2, -0.15) is 0 Å². The van der Waals surface area contributed by atoms with Crippen LogP contribution in [-0.2, 0) is 9.53 Å². The van der Waals surface area contributed by atoms with E-state index >= 15 is 0 Å². The molecule has 0 unspecified atom stereocenters. The quantitative estimate of drug-likeness (QED) is 0.469. The maximum absolute atomic E-state index is 11.9. The number of hydrogen-bond donors (Lipinski definition) is 1. The van der Waals surface area contributed by atoms with Crippen LogP contribution >= 0.6 is 0 Å². The maximum atomic E-state index is 11.9. The molecular formula is C20H28N2O3. The number of rotatable bonds is 7. The third-order valence-electron chi connectivity index (χ3n) is 4.41. The molecule has 136 valence electrons. The van der Waals surface area contributed by atoms with Crippen LogP contribution in [0.1, 0.15) is 48.0 Å². The Morgan fingerprint density at radius 1 is 1.12 bits per heavy atom. The maximum Gasteiger partial charge on any atom is 0.337 e. The normalized spacial score (nSPS) is 15.7. The van der Waals surface area contributed by atoms with Gasteiger partial charge in [-0.3, -0.25) is 4.79 Å². The van der Waals surface area contributed by atoms with Crippen LogP contribution in [0.5, 0.6) is 0 Å². The molecule has 5 heteroatoms. The van der Waals surface area contributed by atoms with Crippen molar-refractivity contribution in [2.45, 2.75) is 32.1 Å². The first-order valence-corrected chi connectivity index (χ1v) is 9.05. The Morgan fingerprint density at radius 3 is 2.44 bits per heavy atom. The zero-order valence-electron chi connectivity index (χ0n) is 15.0. The van der Waals surface area contributed by atoms with E-state index in [0.717, 1.165) is 18.5 Å². The van der Waals surface area contributed by atoms with Gasteiger partial charge in [-0.05, 0) is 62.7 Å². The molecule has 1 fully saturated rings. The van der Waals surface area contributed by atoms with Gasteiger partial charge >= 0.3 is 5.97 Å². The van der Waals surface area contributed by atoms with Crippen LogP contribution in [-0.4, -0.2) is 50.1 Å². The van der Waals surface area contributed by atoms with Crippen molar-refractivity contribution in [3.63, 3.8) is 0 Å². The lowest BCUT2D eigenvalue weighted by Crippen LogP contribution is -2.30. The molecule has 1 aliphatic heterocycles. The van der Waals surface area contributed by atoms with Gasteiger partial charge in [0.05, 0.1) is 12.7 Å². The number of nitrogens with zero attached hydrogens (tertiary/aromatic N) is 1. The summed E-state index contributed by atoms with van der Waals surface area (Å²) in [5.74, 6) is -0.453. The van der Waals surface area contributed by atoms with Crippen molar-refractivity contribution >= 4 is 18.0 Å². The lowest BCUT2D eigenvalue weighted by atomic mass is 10.1. The fraction of sp³-hybridized carbons (Fsp3) is 0.500. The highest BCUT2D eigenvalue weighted by Crippen LogP contribution is 2.09. The molecule has 1 saturated heterocycles. The molecule has 0 aliphatic carbocycles. The molecule has 25 heavy (non-hydrogen) atoms. The first-order chi connectivity index (χ1) is 12.2. The fourth-order valence-electron chi connectivity index (χ4n) is 2.95. The van der Waals surface area contributed by atoms with Gasteiger partial charge in [0.2, 0.25) is 5.91 Å². The summed E-state index contributed by atoms with van der Waals surface area (Å²) in [6, 6.07) is 6.94. The molecule has 0 aromatic heterocycles. The van der Waals surface area contributed by atoms with Crippen LogP contribution in [0.2, 0.25) is 0 Å². The second-order valence-electron chi connectivity index (χ2n) is 6.35. The number of ether oxygens (including phenoxy) is 1. The number of carbonyl (C=O) groups is 2. The Balaban J connectivity index is 1.67. The number of nitrogens with one attached hydrogen (secondary N) is 1. The number of hydrogen-bond acceptors (Lipinski definition) is 4. The highest BCUT2D eigenvalue weighted by molar-refractivity contribution is 5.92. The third kappa shape index (κ3) is 7.10. The zero-order valence-corrected chi connectivity index (χ0v) is 15.0. The molecule has 1 aromatic carbocycles. The van der Waals surface area contributed by atoms with E-state index in [1.165, 1.54) is 52.0 Å². The molecule has 1 heterocycles. The van der Waals surface area contributed by atoms with E-state index in [2.05, 4.69) is 15.0 Å². The number of methoxy groups -OCH3 is 1. The van der Waals surface area contributed by atoms with Gasteiger partial charge < -0.3 is 15.0 Å². The van der Waals surface area contributed by atoms with Crippen LogP contribution in [0.25, 0.3) is 6.08 Å². The molecule has 1 aromatic rings. The Hall–Kier alpha value is -2.14. The SMILES string of the molecule is COC(=O)c1ccc(C=CC(=O)NCCCN2CCCCCC2)cc1. The fourth-order valence-corrected chi connectivity index (χ4v) is 2.95. The predicted octanol–water partition coefficient (Wildman–Crippen LogP) is 2.87. The van der Waals surface area contributed by atoms with E-state index in [9.17, 15) is 9.59 Å². The highest BCUT2D eigenvalue weighted by Gasteiger charge is 2.08. The molecular weight excluding hydrogens is 316 g/mol. The highest BCUT2D eigenvalue weighted by atomic mass is 16.5. The summed E-state index contributed by atoms with van der Waals surface area (Å²) < 4.78 is 4.66. The van der Waals surface area contributed by atoms with Gasteiger partial charge in [0.1, 0.15) is 0 Å². The Kier molecular flexibility index (Phi) is 8.19. The Bertz CT molecular complexity index is 573. The van der Waals surface area contributed by atoms with Crippen molar-refractivity contribution in [2.24, 2.45) is 0 Å². The van der Waals surface area contributed by atoms with Crippen LogP contribution < -0.4 is 5.32 Å². The summed E-state index contributed by atoms with van der Waals surface area (Å²) in [5, 5.41) is 2.92. The monoisotopic (exact) mass is 344 g/mol. The van der Waals surface area contributed by atoms with Gasteiger partial charge in [0.25, 0.3) is 0 Å². The number of benzene rings is 1. The first-order valence-electron chi connectivity index (χ1n) is 9.05. The Morgan fingerprint density at radius 2 is 1.80 bits per heavy atom. The molecule has 1 N–H and O–H groups in total. The molecule has 0 bridgehead atoms. The minimum absolute atomic E-state index is 0.0899. The van der Waals surface area contributed by atoms with Crippen LogP contribution in [0.3, 0.4) is 0 Å². The number of amides is 1. The smallest absolute Gasteiger partial charge is 0.337 e. The molecule has 5 nitrogen and oxygen atoms in total. The summed E-state index contributed by atoms with van der Waals surface area (Å²) in [6.45, 7) is 4.13. The minimum Gasteiger partial charge on any atom is -0.465 e. The van der Waals surface area contributed by atoms with Crippen molar-refractivity contribution in [3.8, 4) is 0 Å². The van der Waals surface area contributed by atoms with Crippen LogP contribution in [0.15, 0.2) is 30.3 Å². The largest absolute Gasteiger partial charge is 0.465 e. The van der Waals surface area contributed by atoms with Gasteiger partial charge in [0.15, 0.2) is 0 Å². The summed E-state index contributed by atoms with van der Waals surface area (Å²) in [5.41, 5.74) is 1.37. The molecule has 0 radical (unpaired) electrons. The lowest BCUT2D eigenvalue weighted by Gasteiger charge is -2.19. The first kappa shape index (κ1) is 19.2. The number of carbonyl (C=O) groups excluding carboxylic acids is 2. The summed E-state index contributed by atoms with van der Waals surface area (Å²) in [6.07, 6.45) is 9.53. The summed E-state index contributed by atoms with van der Waals surface area (Å²) in [7, 11) is 1.35. The average molecular weight is 344 g/mol. The second-order valence-corrected chi connectivity index (χ2v) is 6.35. The van der Waals surface area contributed by atoms with E-state index in [1.54, 1.807) is 30.3 Å².